The average molecular weight is 181 g/mol. The molecule has 0 saturated carbocycles. The van der Waals surface area contributed by atoms with Crippen LogP contribution in [0.15, 0.2) is 0 Å². The first kappa shape index (κ1) is 10.5. The molecule has 0 atom stereocenters. The molecule has 0 aromatic rings. The molecule has 2 N–H and O–H groups in total. The van der Waals surface area contributed by atoms with Gasteiger partial charge in [-0.3, -0.25) is 4.90 Å². The van der Waals surface area contributed by atoms with E-state index in [1.165, 1.54) is 6.42 Å². The van der Waals surface area contributed by atoms with Crippen molar-refractivity contribution in [2.75, 3.05) is 45.8 Å². The molecule has 0 aliphatic carbocycles. The second-order valence-electron chi connectivity index (χ2n) is 3.46. The van der Waals surface area contributed by atoms with Crippen LogP contribution in [-0.2, 0) is 0 Å². The standard InChI is InChI=1S/C10H19N3/c1-2-5-12-6-3-7-13(8-4-11)10-9-12/h1H,3-11H2. The van der Waals surface area contributed by atoms with Gasteiger partial charge in [0.15, 0.2) is 0 Å². The summed E-state index contributed by atoms with van der Waals surface area (Å²) >= 11 is 0. The fraction of sp³-hybridized carbons (Fsp3) is 0.800. The Kier molecular flexibility index (Phi) is 4.84. The van der Waals surface area contributed by atoms with Gasteiger partial charge in [-0.15, -0.1) is 6.42 Å². The first-order valence-electron chi connectivity index (χ1n) is 4.95. The zero-order valence-electron chi connectivity index (χ0n) is 8.21. The summed E-state index contributed by atoms with van der Waals surface area (Å²) in [6, 6.07) is 0. The number of hydrogen-bond donors (Lipinski definition) is 1. The highest BCUT2D eigenvalue weighted by atomic mass is 15.2. The number of rotatable bonds is 3. The number of terminal acetylenes is 1. The van der Waals surface area contributed by atoms with E-state index in [1.807, 2.05) is 0 Å². The molecule has 0 aromatic heterocycles. The van der Waals surface area contributed by atoms with Crippen LogP contribution < -0.4 is 5.73 Å². The molecule has 0 aromatic carbocycles. The van der Waals surface area contributed by atoms with Crippen molar-refractivity contribution in [3.05, 3.63) is 0 Å². The average Bonchev–Trinajstić information content (AvgIpc) is 2.33. The molecule has 13 heavy (non-hydrogen) atoms. The Morgan fingerprint density at radius 2 is 1.85 bits per heavy atom. The van der Waals surface area contributed by atoms with E-state index in [4.69, 9.17) is 12.2 Å². The molecule has 3 nitrogen and oxygen atoms in total. The lowest BCUT2D eigenvalue weighted by Gasteiger charge is -2.19. The fourth-order valence-electron chi connectivity index (χ4n) is 1.72. The Hall–Kier alpha value is -0.560. The molecule has 0 amide bonds. The van der Waals surface area contributed by atoms with E-state index in [0.29, 0.717) is 0 Å². The number of nitrogens with zero attached hydrogens (tertiary/aromatic N) is 2. The van der Waals surface area contributed by atoms with Gasteiger partial charge in [-0.25, -0.2) is 0 Å². The maximum Gasteiger partial charge on any atom is 0.0599 e. The smallest absolute Gasteiger partial charge is 0.0599 e. The highest BCUT2D eigenvalue weighted by Gasteiger charge is 2.12. The van der Waals surface area contributed by atoms with E-state index < -0.39 is 0 Å². The van der Waals surface area contributed by atoms with Crippen molar-refractivity contribution in [1.82, 2.24) is 9.80 Å². The Morgan fingerprint density at radius 1 is 1.15 bits per heavy atom. The van der Waals surface area contributed by atoms with Gasteiger partial charge in [0, 0.05) is 32.7 Å². The molecular weight excluding hydrogens is 162 g/mol. The first-order valence-corrected chi connectivity index (χ1v) is 4.95. The Bertz CT molecular complexity index is 173. The summed E-state index contributed by atoms with van der Waals surface area (Å²) in [5.74, 6) is 2.69. The van der Waals surface area contributed by atoms with Crippen LogP contribution in [0.3, 0.4) is 0 Å². The molecule has 1 heterocycles. The van der Waals surface area contributed by atoms with Crippen molar-refractivity contribution in [3.8, 4) is 12.3 Å². The molecule has 1 aliphatic heterocycles. The molecule has 0 unspecified atom stereocenters. The summed E-state index contributed by atoms with van der Waals surface area (Å²) in [7, 11) is 0. The molecule has 0 bridgehead atoms. The molecule has 3 heteroatoms. The Morgan fingerprint density at radius 3 is 2.54 bits per heavy atom. The minimum absolute atomic E-state index is 0.759. The molecule has 1 fully saturated rings. The van der Waals surface area contributed by atoms with E-state index >= 15 is 0 Å². The van der Waals surface area contributed by atoms with Crippen LogP contribution in [0.5, 0.6) is 0 Å². The molecule has 1 rings (SSSR count). The summed E-state index contributed by atoms with van der Waals surface area (Å²) in [6.45, 7) is 7.06. The Balaban J connectivity index is 2.27. The van der Waals surface area contributed by atoms with Crippen LogP contribution in [0.4, 0.5) is 0 Å². The summed E-state index contributed by atoms with van der Waals surface area (Å²) < 4.78 is 0. The number of nitrogens with two attached hydrogens (primary N) is 1. The van der Waals surface area contributed by atoms with Gasteiger partial charge in [-0.2, -0.15) is 0 Å². The third-order valence-corrected chi connectivity index (χ3v) is 2.44. The molecule has 0 spiro atoms. The second-order valence-corrected chi connectivity index (χ2v) is 3.46. The fourth-order valence-corrected chi connectivity index (χ4v) is 1.72. The predicted molar refractivity (Wildman–Crippen MR) is 55.4 cm³/mol. The lowest BCUT2D eigenvalue weighted by atomic mass is 10.4. The van der Waals surface area contributed by atoms with Crippen molar-refractivity contribution in [3.63, 3.8) is 0 Å². The second kappa shape index (κ2) is 5.98. The van der Waals surface area contributed by atoms with Crippen molar-refractivity contribution in [1.29, 1.82) is 0 Å². The van der Waals surface area contributed by atoms with Crippen molar-refractivity contribution < 1.29 is 0 Å². The van der Waals surface area contributed by atoms with E-state index in [1.54, 1.807) is 0 Å². The van der Waals surface area contributed by atoms with Gasteiger partial charge in [0.2, 0.25) is 0 Å². The van der Waals surface area contributed by atoms with Crippen LogP contribution in [-0.4, -0.2) is 55.6 Å². The van der Waals surface area contributed by atoms with Crippen LogP contribution in [0.2, 0.25) is 0 Å². The summed E-state index contributed by atoms with van der Waals surface area (Å²) in [4.78, 5) is 4.74. The molecular formula is C10H19N3. The van der Waals surface area contributed by atoms with Crippen LogP contribution in [0, 0.1) is 12.3 Å². The van der Waals surface area contributed by atoms with E-state index in [9.17, 15) is 0 Å². The number of hydrogen-bond acceptors (Lipinski definition) is 3. The van der Waals surface area contributed by atoms with Crippen LogP contribution >= 0.6 is 0 Å². The monoisotopic (exact) mass is 181 g/mol. The molecule has 0 radical (unpaired) electrons. The highest BCUT2D eigenvalue weighted by molar-refractivity contribution is 4.89. The lowest BCUT2D eigenvalue weighted by Crippen LogP contribution is -2.34. The normalized spacial score (nSPS) is 20.9. The van der Waals surface area contributed by atoms with E-state index in [2.05, 4.69) is 15.7 Å². The SMILES string of the molecule is C#CCN1CCCN(CCN)CC1. The van der Waals surface area contributed by atoms with Gasteiger partial charge >= 0.3 is 0 Å². The minimum atomic E-state index is 0.759. The molecule has 1 saturated heterocycles. The van der Waals surface area contributed by atoms with Gasteiger partial charge in [0.1, 0.15) is 0 Å². The van der Waals surface area contributed by atoms with Crippen LogP contribution in [0.1, 0.15) is 6.42 Å². The third kappa shape index (κ3) is 3.77. The molecule has 74 valence electrons. The summed E-state index contributed by atoms with van der Waals surface area (Å²) in [5, 5.41) is 0. The van der Waals surface area contributed by atoms with Gasteiger partial charge in [-0.1, -0.05) is 5.92 Å². The summed E-state index contributed by atoms with van der Waals surface area (Å²) in [5.41, 5.74) is 5.52. The maximum absolute atomic E-state index is 5.52. The highest BCUT2D eigenvalue weighted by Crippen LogP contribution is 2.01. The van der Waals surface area contributed by atoms with Gasteiger partial charge in [0.05, 0.1) is 6.54 Å². The zero-order chi connectivity index (χ0) is 9.52. The first-order chi connectivity index (χ1) is 6.36. The van der Waals surface area contributed by atoms with Crippen molar-refractivity contribution >= 4 is 0 Å². The van der Waals surface area contributed by atoms with E-state index in [-0.39, 0.29) is 0 Å². The maximum atomic E-state index is 5.52. The minimum Gasteiger partial charge on any atom is -0.329 e. The van der Waals surface area contributed by atoms with Gasteiger partial charge in [-0.05, 0) is 13.0 Å². The molecule has 1 aliphatic rings. The Labute approximate surface area is 80.9 Å². The van der Waals surface area contributed by atoms with E-state index in [0.717, 1.165) is 45.8 Å². The van der Waals surface area contributed by atoms with Gasteiger partial charge in [0.25, 0.3) is 0 Å². The lowest BCUT2D eigenvalue weighted by molar-refractivity contribution is 0.275. The zero-order valence-corrected chi connectivity index (χ0v) is 8.21. The van der Waals surface area contributed by atoms with Gasteiger partial charge < -0.3 is 10.6 Å². The summed E-state index contributed by atoms with van der Waals surface area (Å²) in [6.07, 6.45) is 6.49. The van der Waals surface area contributed by atoms with Crippen molar-refractivity contribution in [2.45, 2.75) is 6.42 Å². The quantitative estimate of drug-likeness (QED) is 0.601. The van der Waals surface area contributed by atoms with Crippen LogP contribution in [0.25, 0.3) is 0 Å². The largest absolute Gasteiger partial charge is 0.329 e. The topological polar surface area (TPSA) is 32.5 Å². The predicted octanol–water partition coefficient (Wildman–Crippen LogP) is -0.414. The van der Waals surface area contributed by atoms with Crippen molar-refractivity contribution in [2.24, 2.45) is 5.73 Å². The third-order valence-electron chi connectivity index (χ3n) is 2.44.